The summed E-state index contributed by atoms with van der Waals surface area (Å²) in [5, 5.41) is 24.9. The smallest absolute Gasteiger partial charge is 0.326 e. The standard InChI is InChI=1S/C45H59N11O8/c1-24(2)15-35(42(60)52-34(13-14-39(47)57)41(59)56-38(45(63)64)16-25(3)4)54-43(61)36(18-27-21-50-33-12-8-6-10-30(27)33)55-44(62)37(19-28-22-48-23-51-28)53-40(58)31(46)17-26-20-49-32-11-7-5-9-29(26)32/h5-12,20-25,31,34-38,49-50H,13-19,46H2,1-4H3,(H2,47,57)(H,48,51)(H,52,60)(H,53,58)(H,54,61)(H,55,62)(H,56,59)(H,63,64)/t31-,34+,35+,36+,37+,38+/m1/s1. The van der Waals surface area contributed by atoms with E-state index in [1.165, 1.54) is 12.5 Å². The molecule has 0 saturated carbocycles. The van der Waals surface area contributed by atoms with Gasteiger partial charge in [-0.25, -0.2) is 9.78 Å². The fourth-order valence-electron chi connectivity index (χ4n) is 7.50. The lowest BCUT2D eigenvalue weighted by atomic mass is 9.99. The zero-order valence-corrected chi connectivity index (χ0v) is 36.4. The first-order chi connectivity index (χ1) is 30.5. The maximum atomic E-state index is 14.5. The lowest BCUT2D eigenvalue weighted by Gasteiger charge is -2.28. The highest BCUT2D eigenvalue weighted by Crippen LogP contribution is 2.21. The van der Waals surface area contributed by atoms with Crippen molar-refractivity contribution in [3.63, 3.8) is 0 Å². The number of H-pyrrole nitrogens is 3. The summed E-state index contributed by atoms with van der Waals surface area (Å²) >= 11 is 0. The number of primary amides is 1. The number of carboxylic acid groups (broad SMARTS) is 1. The van der Waals surface area contributed by atoms with E-state index in [2.05, 4.69) is 46.5 Å². The Morgan fingerprint density at radius 2 is 1.08 bits per heavy atom. The summed E-state index contributed by atoms with van der Waals surface area (Å²) in [6.07, 6.45) is 6.19. The molecule has 0 aliphatic carbocycles. The van der Waals surface area contributed by atoms with Gasteiger partial charge in [0, 0.05) is 65.4 Å². The number of hydrogen-bond donors (Lipinski definition) is 11. The molecule has 0 aliphatic rings. The Bertz CT molecular complexity index is 2410. The Hall–Kier alpha value is -7.02. The van der Waals surface area contributed by atoms with Gasteiger partial charge in [0.05, 0.1) is 12.4 Å². The number of nitrogens with zero attached hydrogens (tertiary/aromatic N) is 1. The van der Waals surface area contributed by atoms with Gasteiger partial charge in [0.25, 0.3) is 0 Å². The molecule has 2 aromatic carbocycles. The van der Waals surface area contributed by atoms with Crippen LogP contribution in [0.3, 0.4) is 0 Å². The minimum Gasteiger partial charge on any atom is -0.480 e. The molecule has 19 heteroatoms. The number of fused-ring (bicyclic) bond motifs is 2. The summed E-state index contributed by atoms with van der Waals surface area (Å²) in [6.45, 7) is 7.23. The third-order valence-electron chi connectivity index (χ3n) is 10.8. The highest BCUT2D eigenvalue weighted by Gasteiger charge is 2.34. The van der Waals surface area contributed by atoms with Crippen molar-refractivity contribution in [3.05, 3.63) is 90.3 Å². The number of benzene rings is 2. The molecule has 0 aliphatic heterocycles. The third-order valence-corrected chi connectivity index (χ3v) is 10.8. The molecule has 342 valence electrons. The van der Waals surface area contributed by atoms with Crippen molar-refractivity contribution in [1.82, 2.24) is 46.5 Å². The molecule has 0 unspecified atom stereocenters. The van der Waals surface area contributed by atoms with Crippen LogP contribution in [-0.2, 0) is 52.8 Å². The van der Waals surface area contributed by atoms with E-state index >= 15 is 0 Å². The first-order valence-corrected chi connectivity index (χ1v) is 21.3. The van der Waals surface area contributed by atoms with E-state index in [0.717, 1.165) is 27.4 Å². The Labute approximate surface area is 370 Å². The van der Waals surface area contributed by atoms with E-state index < -0.39 is 77.7 Å². The molecule has 0 spiro atoms. The van der Waals surface area contributed by atoms with Gasteiger partial charge in [0.1, 0.15) is 30.2 Å². The second kappa shape index (κ2) is 22.4. The molecular weight excluding hydrogens is 823 g/mol. The van der Waals surface area contributed by atoms with Gasteiger partial charge in [0.2, 0.25) is 35.4 Å². The molecule has 6 atom stereocenters. The average Bonchev–Trinajstić information content (AvgIpc) is 4.01. The fraction of sp³-hybridized carbons (Fsp3) is 0.422. The molecule has 64 heavy (non-hydrogen) atoms. The zero-order valence-electron chi connectivity index (χ0n) is 36.4. The van der Waals surface area contributed by atoms with Crippen LogP contribution in [0.2, 0.25) is 0 Å². The Balaban J connectivity index is 1.39. The molecule has 0 fully saturated rings. The van der Waals surface area contributed by atoms with Crippen LogP contribution in [0.5, 0.6) is 0 Å². The Morgan fingerprint density at radius 1 is 0.609 bits per heavy atom. The number of imidazole rings is 1. The van der Waals surface area contributed by atoms with E-state index in [1.54, 1.807) is 26.2 Å². The molecule has 0 saturated heterocycles. The van der Waals surface area contributed by atoms with Crippen molar-refractivity contribution in [2.45, 2.75) is 109 Å². The van der Waals surface area contributed by atoms with Crippen molar-refractivity contribution >= 4 is 63.2 Å². The summed E-state index contributed by atoms with van der Waals surface area (Å²) in [5.41, 5.74) is 15.5. The molecular formula is C45H59N11O8. The first-order valence-electron chi connectivity index (χ1n) is 21.3. The average molecular weight is 882 g/mol. The minimum absolute atomic E-state index is 0.0359. The van der Waals surface area contributed by atoms with Gasteiger partial charge in [-0.05, 0) is 60.8 Å². The number of aromatic nitrogens is 4. The van der Waals surface area contributed by atoms with Gasteiger partial charge in [-0.15, -0.1) is 0 Å². The number of aromatic amines is 3. The minimum atomic E-state index is -1.38. The Morgan fingerprint density at radius 3 is 1.62 bits per heavy atom. The van der Waals surface area contributed by atoms with Crippen molar-refractivity contribution in [2.24, 2.45) is 23.3 Å². The fourth-order valence-corrected chi connectivity index (χ4v) is 7.50. The van der Waals surface area contributed by atoms with Crippen LogP contribution >= 0.6 is 0 Å². The van der Waals surface area contributed by atoms with Crippen LogP contribution in [-0.4, -0.2) is 103 Å². The van der Waals surface area contributed by atoms with Crippen LogP contribution in [0.15, 0.2) is 73.4 Å². The van der Waals surface area contributed by atoms with Gasteiger partial charge < -0.3 is 58.1 Å². The maximum Gasteiger partial charge on any atom is 0.326 e. The molecule has 0 bridgehead atoms. The predicted molar refractivity (Wildman–Crippen MR) is 239 cm³/mol. The van der Waals surface area contributed by atoms with Crippen molar-refractivity contribution in [1.29, 1.82) is 0 Å². The van der Waals surface area contributed by atoms with Gasteiger partial charge in [0.15, 0.2) is 0 Å². The lowest BCUT2D eigenvalue weighted by Crippen LogP contribution is -2.60. The summed E-state index contributed by atoms with van der Waals surface area (Å²) in [4.78, 5) is 107. The third kappa shape index (κ3) is 13.5. The van der Waals surface area contributed by atoms with Crippen molar-refractivity contribution in [2.75, 3.05) is 0 Å². The van der Waals surface area contributed by atoms with E-state index in [9.17, 15) is 38.7 Å². The van der Waals surface area contributed by atoms with Gasteiger partial charge in [-0.3, -0.25) is 28.8 Å². The molecule has 0 radical (unpaired) electrons. The van der Waals surface area contributed by atoms with Crippen molar-refractivity contribution < 1.29 is 38.7 Å². The molecule has 6 amide bonds. The number of amides is 6. The number of rotatable bonds is 24. The summed E-state index contributed by atoms with van der Waals surface area (Å²) in [6, 6.07) is 7.50. The van der Waals surface area contributed by atoms with Crippen LogP contribution in [0.1, 0.15) is 70.2 Å². The monoisotopic (exact) mass is 881 g/mol. The zero-order chi connectivity index (χ0) is 46.5. The number of aliphatic carboxylic acids is 1. The molecule has 3 heterocycles. The van der Waals surface area contributed by atoms with E-state index in [0.29, 0.717) is 11.3 Å². The summed E-state index contributed by atoms with van der Waals surface area (Å²) in [5.74, 6) is -5.96. The quantitative estimate of drug-likeness (QED) is 0.0425. The second-order valence-electron chi connectivity index (χ2n) is 16.9. The first kappa shape index (κ1) is 48.0. The van der Waals surface area contributed by atoms with E-state index in [-0.39, 0.29) is 56.8 Å². The van der Waals surface area contributed by atoms with Gasteiger partial charge >= 0.3 is 5.97 Å². The number of hydrogen-bond acceptors (Lipinski definition) is 9. The maximum absolute atomic E-state index is 14.5. The number of para-hydroxylation sites is 2. The number of nitrogens with two attached hydrogens (primary N) is 2. The van der Waals surface area contributed by atoms with Crippen LogP contribution in [0.25, 0.3) is 21.8 Å². The number of nitrogens with one attached hydrogen (secondary N) is 8. The molecule has 5 rings (SSSR count). The lowest BCUT2D eigenvalue weighted by molar-refractivity contribution is -0.143. The van der Waals surface area contributed by atoms with Crippen molar-refractivity contribution in [3.8, 4) is 0 Å². The van der Waals surface area contributed by atoms with Crippen LogP contribution in [0.4, 0.5) is 0 Å². The Kier molecular flexibility index (Phi) is 16.8. The van der Waals surface area contributed by atoms with Crippen LogP contribution in [0, 0.1) is 11.8 Å². The molecule has 3 aromatic heterocycles. The molecule has 19 nitrogen and oxygen atoms in total. The largest absolute Gasteiger partial charge is 0.480 e. The number of carboxylic acids is 1. The topological polar surface area (TPSA) is 312 Å². The number of carbonyl (C=O) groups excluding carboxylic acids is 6. The second-order valence-corrected chi connectivity index (χ2v) is 16.9. The van der Waals surface area contributed by atoms with Gasteiger partial charge in [-0.2, -0.15) is 0 Å². The summed E-state index contributed by atoms with van der Waals surface area (Å²) in [7, 11) is 0. The van der Waals surface area contributed by atoms with E-state index in [1.807, 2.05) is 62.4 Å². The SMILES string of the molecule is CC(C)C[C@H](NC(=O)[C@H](CCC(N)=O)NC(=O)[C@H](CC(C)C)NC(=O)[C@H](Cc1c[nH]c2ccccc12)NC(=O)[C@H](Cc1cnc[nH]1)NC(=O)[C@H](N)Cc1c[nH]c2ccccc12)C(=O)O. The van der Waals surface area contributed by atoms with Gasteiger partial charge in [-0.1, -0.05) is 64.1 Å². The highest BCUT2D eigenvalue weighted by atomic mass is 16.4. The normalized spacial score (nSPS) is 14.3. The number of carbonyl (C=O) groups is 7. The molecule has 13 N–H and O–H groups in total. The van der Waals surface area contributed by atoms with E-state index in [4.69, 9.17) is 11.5 Å². The predicted octanol–water partition coefficient (Wildman–Crippen LogP) is 1.59. The molecule has 5 aromatic rings. The van der Waals surface area contributed by atoms with Crippen LogP contribution < -0.4 is 38.1 Å². The summed E-state index contributed by atoms with van der Waals surface area (Å²) < 4.78 is 0. The highest BCUT2D eigenvalue weighted by molar-refractivity contribution is 5.97.